The number of ketones is 5. The summed E-state index contributed by atoms with van der Waals surface area (Å²) >= 11 is 0. The number of hydrogen-bond donors (Lipinski definition) is 17. The Balaban J connectivity index is 2.02. The van der Waals surface area contributed by atoms with Crippen LogP contribution < -0.4 is 95.8 Å². The number of rotatable bonds is 50. The Labute approximate surface area is 562 Å². The third-order valence-corrected chi connectivity index (χ3v) is 16.7. The molecule has 0 aromatic heterocycles. The predicted molar refractivity (Wildman–Crippen MR) is 373 cm³/mol. The minimum Gasteiger partial charge on any atom is -0.370 e. The van der Waals surface area contributed by atoms with Crippen LogP contribution in [0.25, 0.3) is 10.8 Å². The molecule has 4 amide bonds. The Kier molecular flexibility index (Phi) is 37.9. The van der Waals surface area contributed by atoms with Crippen molar-refractivity contribution in [3.63, 3.8) is 0 Å². The van der Waals surface area contributed by atoms with Crippen LogP contribution in [0, 0.1) is 23.7 Å². The van der Waals surface area contributed by atoms with Crippen molar-refractivity contribution in [3.05, 3.63) is 48.0 Å². The molecule has 1 heterocycles. The van der Waals surface area contributed by atoms with Gasteiger partial charge in [-0.1, -0.05) is 48.9 Å². The number of carbonyl (C=O) groups is 9. The van der Waals surface area contributed by atoms with Crippen LogP contribution in [0.3, 0.4) is 0 Å². The minimum absolute atomic E-state index is 0.00395. The van der Waals surface area contributed by atoms with E-state index in [-0.39, 0.29) is 176 Å². The Morgan fingerprint density at radius 3 is 1.32 bits per heavy atom. The SMILES string of the molecule is CC(=O)[C@H](CCCN=C(N)N)CC(=O)[C@H](CCCNC(N)N)NC(=O)[C@H](CCCN=C(N)N)CC(=O)[C@H](CCCN=C(N)N)NC(=O)[C@H](CCCN=C(N)N)CC(=O)[C@H](CCCN=C(N)N)NC(=O)[C@H](CCCCN)CC(=O)[C@@H]1CCCN1C(=O)Cc1cccc2ccccc12. The molecule has 32 heteroatoms. The molecule has 1 fully saturated rings. The zero-order chi connectivity index (χ0) is 71.1. The second kappa shape index (κ2) is 44.7. The molecule has 1 aliphatic heterocycles. The van der Waals surface area contributed by atoms with Crippen molar-refractivity contribution in [3.8, 4) is 0 Å². The third-order valence-electron chi connectivity index (χ3n) is 16.7. The van der Waals surface area contributed by atoms with Crippen LogP contribution in [0.4, 0.5) is 0 Å². The van der Waals surface area contributed by atoms with Crippen LogP contribution in [0.5, 0.6) is 0 Å². The number of nitrogens with one attached hydrogen (secondary N) is 4. The molecule has 2 aromatic carbocycles. The summed E-state index contributed by atoms with van der Waals surface area (Å²) in [5.74, 6) is -9.30. The first-order chi connectivity index (χ1) is 45.7. The van der Waals surface area contributed by atoms with E-state index in [0.717, 1.165) is 16.3 Å². The highest BCUT2D eigenvalue weighted by Crippen LogP contribution is 2.28. The van der Waals surface area contributed by atoms with Crippen molar-refractivity contribution in [2.75, 3.05) is 52.4 Å². The molecule has 1 aliphatic rings. The molecule has 534 valence electrons. The first kappa shape index (κ1) is 81.4. The van der Waals surface area contributed by atoms with E-state index in [0.29, 0.717) is 51.6 Å². The fraction of sp³-hybridized carbons (Fsp3) is 0.625. The van der Waals surface area contributed by atoms with Gasteiger partial charge in [0, 0.05) is 88.6 Å². The van der Waals surface area contributed by atoms with Gasteiger partial charge >= 0.3 is 0 Å². The first-order valence-electron chi connectivity index (χ1n) is 33.2. The van der Waals surface area contributed by atoms with Gasteiger partial charge in [-0.15, -0.1) is 0 Å². The number of guanidine groups is 5. The monoisotopic (exact) mass is 1340 g/mol. The molecule has 0 bridgehead atoms. The Bertz CT molecular complexity index is 2990. The third kappa shape index (κ3) is 32.0. The van der Waals surface area contributed by atoms with Crippen LogP contribution in [0.15, 0.2) is 67.4 Å². The Hall–Kier alpha value is -8.88. The van der Waals surface area contributed by atoms with Crippen molar-refractivity contribution in [1.29, 1.82) is 0 Å². The number of amides is 4. The highest BCUT2D eigenvalue weighted by molar-refractivity contribution is 5.99. The van der Waals surface area contributed by atoms with Gasteiger partial charge in [-0.3, -0.25) is 73.4 Å². The zero-order valence-electron chi connectivity index (χ0n) is 55.8. The van der Waals surface area contributed by atoms with E-state index in [2.05, 4.69) is 46.2 Å². The van der Waals surface area contributed by atoms with Crippen LogP contribution in [-0.4, -0.2) is 170 Å². The largest absolute Gasteiger partial charge is 0.370 e. The minimum atomic E-state index is -1.31. The molecule has 0 radical (unpaired) electrons. The lowest BCUT2D eigenvalue weighted by Gasteiger charge is -2.27. The number of aliphatic imine (C=N–C) groups is 5. The molecule has 32 nitrogen and oxygen atoms in total. The second-order valence-electron chi connectivity index (χ2n) is 24.5. The van der Waals surface area contributed by atoms with Crippen molar-refractivity contribution in [1.82, 2.24) is 26.2 Å². The number of carbonyl (C=O) groups excluding carboxylic acids is 9. The maximum atomic E-state index is 14.9. The predicted octanol–water partition coefficient (Wildman–Crippen LogP) is -2.31. The number of Topliss-reactive ketones (excluding diaryl/α,β-unsaturated/α-hetero) is 5. The molecule has 1 saturated heterocycles. The van der Waals surface area contributed by atoms with E-state index in [1.54, 1.807) is 4.90 Å². The highest BCUT2D eigenvalue weighted by atomic mass is 16.2. The van der Waals surface area contributed by atoms with Gasteiger partial charge in [0.05, 0.1) is 30.6 Å². The van der Waals surface area contributed by atoms with Crippen molar-refractivity contribution >= 4 is 93.1 Å². The topological polar surface area (TPSA) is 605 Å². The average Bonchev–Trinajstić information content (AvgIpc) is 1.29. The summed E-state index contributed by atoms with van der Waals surface area (Å²) in [6, 6.07) is 9.06. The lowest BCUT2D eigenvalue weighted by molar-refractivity contribution is -0.139. The summed E-state index contributed by atoms with van der Waals surface area (Å²) in [5.41, 5.74) is 74.2. The summed E-state index contributed by atoms with van der Waals surface area (Å²) < 4.78 is 0. The number of unbranched alkanes of at least 4 members (excludes halogenated alkanes) is 1. The lowest BCUT2D eigenvalue weighted by atomic mass is 9.88. The molecule has 3 rings (SSSR count). The standard InChI is InChI=1S/C64H109N23O9/c1-39(88)41(18-7-27-78-59(66)67)34-51(89)47(22-10-30-81-62(72)73)84-57(95)44(19-8-28-79-60(68)69)35-53(91)49(24-12-32-83-64(76)77)86-58(96)45(20-9-29-80-61(70)71)36-52(90)48(23-11-31-82-63(74)75)85-56(94)43(15-4-5-26-65)37-54(92)50-25-13-33-87(50)55(93)38-42-17-6-16-40-14-2-3-21-46(40)42/h2-3,6,14,16-17,21,41,43-45,47-50,62,81H,4-5,7-13,15,18-20,22-38,65,72-73H2,1H3,(H,84,95)(H,85,94)(H,86,96)(H4,66,67,78)(H4,68,69,79)(H4,70,71,80)(H4,74,75,82)(H4,76,77,83)/t41-,43-,44-,45-,47+,48+,49+,50+/m1/s1. The molecule has 0 aliphatic carbocycles. The van der Waals surface area contributed by atoms with E-state index in [9.17, 15) is 43.2 Å². The van der Waals surface area contributed by atoms with Gasteiger partial charge in [0.1, 0.15) is 12.1 Å². The van der Waals surface area contributed by atoms with Crippen molar-refractivity contribution < 1.29 is 43.2 Å². The first-order valence-corrected chi connectivity index (χ1v) is 33.2. The Morgan fingerprint density at radius 1 is 0.490 bits per heavy atom. The average molecular weight is 1340 g/mol. The number of benzene rings is 2. The number of likely N-dealkylation sites (tertiary alicyclic amines) is 1. The normalized spacial score (nSPS) is 14.9. The van der Waals surface area contributed by atoms with Gasteiger partial charge in [-0.2, -0.15) is 0 Å². The van der Waals surface area contributed by atoms with Gasteiger partial charge in [0.15, 0.2) is 52.9 Å². The van der Waals surface area contributed by atoms with E-state index in [1.165, 1.54) is 6.92 Å². The fourth-order valence-corrected chi connectivity index (χ4v) is 11.6. The number of nitrogens with zero attached hydrogens (tertiary/aromatic N) is 6. The lowest BCUT2D eigenvalue weighted by Crippen LogP contribution is -2.49. The molecule has 96 heavy (non-hydrogen) atoms. The summed E-state index contributed by atoms with van der Waals surface area (Å²) in [6.45, 7) is 2.79. The number of fused-ring (bicyclic) bond motifs is 1. The maximum absolute atomic E-state index is 14.9. The van der Waals surface area contributed by atoms with Gasteiger partial charge < -0.3 is 95.4 Å². The fourth-order valence-electron chi connectivity index (χ4n) is 11.6. The van der Waals surface area contributed by atoms with E-state index in [1.807, 2.05) is 42.5 Å². The van der Waals surface area contributed by atoms with E-state index >= 15 is 0 Å². The maximum Gasteiger partial charge on any atom is 0.227 e. The number of nitrogens with two attached hydrogens (primary N) is 13. The number of hydrogen-bond acceptors (Lipinski definition) is 18. The van der Waals surface area contributed by atoms with Crippen LogP contribution >= 0.6 is 0 Å². The molecular formula is C64H109N23O9. The van der Waals surface area contributed by atoms with Crippen LogP contribution in [0.2, 0.25) is 0 Å². The molecule has 0 saturated carbocycles. The van der Waals surface area contributed by atoms with E-state index in [4.69, 9.17) is 74.5 Å². The second-order valence-corrected chi connectivity index (χ2v) is 24.5. The van der Waals surface area contributed by atoms with Crippen molar-refractivity contribution in [2.24, 2.45) is 123 Å². The van der Waals surface area contributed by atoms with Gasteiger partial charge in [-0.25, -0.2) is 0 Å². The smallest absolute Gasteiger partial charge is 0.227 e. The quantitative estimate of drug-likeness (QED) is 0.0143. The van der Waals surface area contributed by atoms with Gasteiger partial charge in [0.2, 0.25) is 23.6 Å². The summed E-state index contributed by atoms with van der Waals surface area (Å²) in [5, 5.41) is 13.4. The van der Waals surface area contributed by atoms with Gasteiger partial charge in [0.25, 0.3) is 0 Å². The summed E-state index contributed by atoms with van der Waals surface area (Å²) in [6.07, 6.45) is 1.89. The highest BCUT2D eigenvalue weighted by Gasteiger charge is 2.38. The summed E-state index contributed by atoms with van der Waals surface area (Å²) in [7, 11) is 0. The molecule has 0 unspecified atom stereocenters. The molecular weight excluding hydrogens is 1230 g/mol. The van der Waals surface area contributed by atoms with Crippen LogP contribution in [0.1, 0.15) is 147 Å². The molecule has 2 aromatic rings. The molecule has 30 N–H and O–H groups in total. The van der Waals surface area contributed by atoms with Crippen molar-refractivity contribution in [2.45, 2.75) is 179 Å². The Morgan fingerprint density at radius 2 is 0.885 bits per heavy atom. The van der Waals surface area contributed by atoms with E-state index < -0.39 is 102 Å². The zero-order valence-corrected chi connectivity index (χ0v) is 55.8. The molecule has 8 atom stereocenters. The molecule has 0 spiro atoms. The van der Waals surface area contributed by atoms with Gasteiger partial charge in [-0.05, 0) is 139 Å². The van der Waals surface area contributed by atoms with Crippen LogP contribution in [-0.2, 0) is 49.6 Å². The summed E-state index contributed by atoms with van der Waals surface area (Å²) in [4.78, 5) is 151.